The smallest absolute Gasteiger partial charge is 0.496 e. The van der Waals surface area contributed by atoms with Crippen LogP contribution in [0.5, 0.6) is 11.5 Å². The number of aromatic amines is 1. The van der Waals surface area contributed by atoms with Gasteiger partial charge in [0.05, 0.1) is 18.2 Å². The summed E-state index contributed by atoms with van der Waals surface area (Å²) in [5.74, 6) is 0.588. The maximum Gasteiger partial charge on any atom is 0.573 e. The fourth-order valence-electron chi connectivity index (χ4n) is 4.03. The molecule has 3 heterocycles. The maximum atomic E-state index is 12.5. The summed E-state index contributed by atoms with van der Waals surface area (Å²) in [5, 5.41) is 20.3. The normalized spacial score (nSPS) is 17.5. The van der Waals surface area contributed by atoms with E-state index in [-0.39, 0.29) is 24.0 Å². The minimum absolute atomic E-state index is 0.265. The van der Waals surface area contributed by atoms with E-state index in [4.69, 9.17) is 4.74 Å². The number of nitrogens with one attached hydrogen (secondary N) is 2. The molecule has 0 bridgehead atoms. The number of methoxy groups -OCH3 is 1. The van der Waals surface area contributed by atoms with Crippen molar-refractivity contribution in [3.63, 3.8) is 0 Å². The number of hydrogen-bond acceptors (Lipinski definition) is 7. The molecule has 1 aliphatic heterocycles. The second-order valence-electron chi connectivity index (χ2n) is 7.72. The van der Waals surface area contributed by atoms with Crippen molar-refractivity contribution in [1.29, 1.82) is 0 Å². The molecule has 3 aromatic rings. The summed E-state index contributed by atoms with van der Waals surface area (Å²) in [5.41, 5.74) is 1.89. The molecule has 172 valence electrons. The van der Waals surface area contributed by atoms with Crippen molar-refractivity contribution in [2.24, 2.45) is 0 Å². The first kappa shape index (κ1) is 22.1. The van der Waals surface area contributed by atoms with Gasteiger partial charge in [0.25, 0.3) is 0 Å². The Morgan fingerprint density at radius 1 is 1.28 bits per heavy atom. The number of H-pyrrole nitrogens is 1. The van der Waals surface area contributed by atoms with Gasteiger partial charge in [0, 0.05) is 36.8 Å². The van der Waals surface area contributed by atoms with Gasteiger partial charge in [-0.05, 0) is 32.0 Å². The molecule has 0 radical (unpaired) electrons. The summed E-state index contributed by atoms with van der Waals surface area (Å²) in [6.07, 6.45) is -0.526. The summed E-state index contributed by atoms with van der Waals surface area (Å²) < 4.78 is 46.8. The average Bonchev–Trinajstić information content (AvgIpc) is 3.26. The monoisotopic (exact) mass is 450 g/mol. The Labute approximate surface area is 183 Å². The quantitative estimate of drug-likeness (QED) is 0.567. The van der Waals surface area contributed by atoms with E-state index in [2.05, 4.69) is 42.3 Å². The van der Waals surface area contributed by atoms with Crippen LogP contribution in [0.1, 0.15) is 31.0 Å². The van der Waals surface area contributed by atoms with Crippen LogP contribution >= 0.6 is 0 Å². The molecule has 1 atom stereocenters. The standard InChI is InChI=1S/C21H25F3N6O2/c1-3-30-8-4-5-14(12-30)26-20-16-11-25-28-19(16)17(27-29-20)9-13-6-7-15(10-18(13)31-2)32-21(22,23)24/h6-7,10-11,14H,3-5,8-9,12H2,1-2H3,(H,25,28)(H,26,29)/t14-/m1/s1. The van der Waals surface area contributed by atoms with Crippen LogP contribution in [-0.2, 0) is 6.42 Å². The number of benzene rings is 1. The van der Waals surface area contributed by atoms with Crippen LogP contribution in [0.3, 0.4) is 0 Å². The van der Waals surface area contributed by atoms with Crippen LogP contribution in [0.2, 0.25) is 0 Å². The van der Waals surface area contributed by atoms with Gasteiger partial charge >= 0.3 is 6.36 Å². The molecular weight excluding hydrogens is 425 g/mol. The molecule has 11 heteroatoms. The lowest BCUT2D eigenvalue weighted by atomic mass is 10.0. The number of halogens is 3. The van der Waals surface area contributed by atoms with Crippen LogP contribution in [0.4, 0.5) is 19.0 Å². The zero-order chi connectivity index (χ0) is 22.7. The summed E-state index contributed by atoms with van der Waals surface area (Å²) in [6, 6.07) is 4.26. The molecule has 2 aromatic heterocycles. The number of alkyl halides is 3. The highest BCUT2D eigenvalue weighted by molar-refractivity contribution is 5.90. The second-order valence-corrected chi connectivity index (χ2v) is 7.72. The lowest BCUT2D eigenvalue weighted by Gasteiger charge is -2.32. The van der Waals surface area contributed by atoms with E-state index in [1.54, 1.807) is 6.20 Å². The molecule has 32 heavy (non-hydrogen) atoms. The first-order valence-electron chi connectivity index (χ1n) is 10.5. The second kappa shape index (κ2) is 9.19. The van der Waals surface area contributed by atoms with Crippen molar-refractivity contribution in [2.45, 2.75) is 38.6 Å². The maximum absolute atomic E-state index is 12.5. The molecular formula is C21H25F3N6O2. The number of aromatic nitrogens is 4. The summed E-state index contributed by atoms with van der Waals surface area (Å²) in [4.78, 5) is 2.40. The summed E-state index contributed by atoms with van der Waals surface area (Å²) >= 11 is 0. The zero-order valence-electron chi connectivity index (χ0n) is 17.9. The van der Waals surface area contributed by atoms with E-state index in [1.165, 1.54) is 25.3 Å². The van der Waals surface area contributed by atoms with Gasteiger partial charge in [0.2, 0.25) is 0 Å². The fourth-order valence-corrected chi connectivity index (χ4v) is 4.03. The predicted molar refractivity (Wildman–Crippen MR) is 113 cm³/mol. The van der Waals surface area contributed by atoms with Crippen molar-refractivity contribution < 1.29 is 22.6 Å². The van der Waals surface area contributed by atoms with Gasteiger partial charge in [0.1, 0.15) is 17.0 Å². The Hall–Kier alpha value is -3.08. The SMILES string of the molecule is CCN1CCC[C@@H](Nc2nnc(Cc3ccc(OC(F)(F)F)cc3OC)c3n[nH]cc23)C1. The van der Waals surface area contributed by atoms with Gasteiger partial charge in [-0.3, -0.25) is 5.10 Å². The molecule has 0 amide bonds. The van der Waals surface area contributed by atoms with Crippen LogP contribution in [0, 0.1) is 0 Å². The van der Waals surface area contributed by atoms with Crippen LogP contribution in [0.15, 0.2) is 24.4 Å². The van der Waals surface area contributed by atoms with Gasteiger partial charge in [-0.2, -0.15) is 10.2 Å². The third-order valence-electron chi connectivity index (χ3n) is 5.58. The highest BCUT2D eigenvalue weighted by Gasteiger charge is 2.31. The number of nitrogens with zero attached hydrogens (tertiary/aromatic N) is 4. The lowest BCUT2D eigenvalue weighted by Crippen LogP contribution is -2.42. The number of fused-ring (bicyclic) bond motifs is 1. The molecule has 4 rings (SSSR count). The van der Waals surface area contributed by atoms with E-state index in [0.29, 0.717) is 22.6 Å². The first-order valence-corrected chi connectivity index (χ1v) is 10.5. The third kappa shape index (κ3) is 5.04. The van der Waals surface area contributed by atoms with E-state index < -0.39 is 6.36 Å². The highest BCUT2D eigenvalue weighted by atomic mass is 19.4. The van der Waals surface area contributed by atoms with Crippen LogP contribution in [-0.4, -0.2) is 64.4 Å². The van der Waals surface area contributed by atoms with E-state index in [9.17, 15) is 13.2 Å². The number of ether oxygens (including phenoxy) is 2. The summed E-state index contributed by atoms with van der Waals surface area (Å²) in [6.45, 7) is 5.22. The summed E-state index contributed by atoms with van der Waals surface area (Å²) in [7, 11) is 1.39. The predicted octanol–water partition coefficient (Wildman–Crippen LogP) is 3.75. The number of anilines is 1. The molecule has 0 spiro atoms. The minimum Gasteiger partial charge on any atom is -0.496 e. The first-order chi connectivity index (χ1) is 15.4. The van der Waals surface area contributed by atoms with Gasteiger partial charge in [-0.15, -0.1) is 18.3 Å². The Bertz CT molecular complexity index is 1070. The van der Waals surface area contributed by atoms with Gasteiger partial charge in [-0.25, -0.2) is 0 Å². The Balaban J connectivity index is 1.56. The number of piperidine rings is 1. The van der Waals surface area contributed by atoms with Gasteiger partial charge in [-0.1, -0.05) is 13.0 Å². The Morgan fingerprint density at radius 2 is 2.12 bits per heavy atom. The number of hydrogen-bond donors (Lipinski definition) is 2. The van der Waals surface area contributed by atoms with Crippen molar-refractivity contribution in [3.05, 3.63) is 35.7 Å². The Morgan fingerprint density at radius 3 is 2.88 bits per heavy atom. The van der Waals surface area contributed by atoms with Crippen molar-refractivity contribution in [2.75, 3.05) is 32.1 Å². The molecule has 8 nitrogen and oxygen atoms in total. The molecule has 0 unspecified atom stereocenters. The molecule has 2 N–H and O–H groups in total. The Kier molecular flexibility index (Phi) is 6.35. The fraction of sp³-hybridized carbons (Fsp3) is 0.476. The number of likely N-dealkylation sites (tertiary alicyclic amines) is 1. The molecule has 1 aromatic carbocycles. The van der Waals surface area contributed by atoms with E-state index in [0.717, 1.165) is 37.9 Å². The van der Waals surface area contributed by atoms with Crippen molar-refractivity contribution in [1.82, 2.24) is 25.3 Å². The molecule has 0 saturated carbocycles. The van der Waals surface area contributed by atoms with Gasteiger partial charge in [0.15, 0.2) is 5.82 Å². The topological polar surface area (TPSA) is 88.2 Å². The highest BCUT2D eigenvalue weighted by Crippen LogP contribution is 2.31. The lowest BCUT2D eigenvalue weighted by molar-refractivity contribution is -0.274. The van der Waals surface area contributed by atoms with Crippen molar-refractivity contribution >= 4 is 16.7 Å². The molecule has 1 fully saturated rings. The third-order valence-corrected chi connectivity index (χ3v) is 5.58. The zero-order valence-corrected chi connectivity index (χ0v) is 17.9. The number of likely N-dealkylation sites (N-methyl/N-ethyl adjacent to an activating group) is 1. The largest absolute Gasteiger partial charge is 0.573 e. The van der Waals surface area contributed by atoms with Gasteiger partial charge < -0.3 is 19.7 Å². The molecule has 0 aliphatic carbocycles. The number of rotatable bonds is 7. The van der Waals surface area contributed by atoms with Crippen LogP contribution < -0.4 is 14.8 Å². The minimum atomic E-state index is -4.77. The molecule has 1 saturated heterocycles. The van der Waals surface area contributed by atoms with Crippen LogP contribution in [0.25, 0.3) is 10.9 Å². The van der Waals surface area contributed by atoms with E-state index >= 15 is 0 Å². The average molecular weight is 450 g/mol. The molecule has 1 aliphatic rings. The van der Waals surface area contributed by atoms with Crippen molar-refractivity contribution in [3.8, 4) is 11.5 Å². The van der Waals surface area contributed by atoms with E-state index in [1.807, 2.05) is 0 Å².